The van der Waals surface area contributed by atoms with Crippen LogP contribution < -0.4 is 4.73 Å². The lowest BCUT2D eigenvalue weighted by Crippen LogP contribution is -2.27. The van der Waals surface area contributed by atoms with Crippen LogP contribution >= 0.6 is 0 Å². The van der Waals surface area contributed by atoms with Crippen LogP contribution in [0, 0.1) is 5.21 Å². The second-order valence-corrected chi connectivity index (χ2v) is 2.41. The Bertz CT molecular complexity index is 428. The second kappa shape index (κ2) is 2.34. The first-order valence-electron chi connectivity index (χ1n) is 3.45. The quantitative estimate of drug-likeness (QED) is 0.455. The molecule has 0 atom stereocenters. The van der Waals surface area contributed by atoms with Gasteiger partial charge in [0.1, 0.15) is 5.52 Å². The van der Waals surface area contributed by atoms with Gasteiger partial charge in [-0.05, 0) is 17.1 Å². The molecule has 0 bridgehead atoms. The molecular formula is C8H6N2O2. The van der Waals surface area contributed by atoms with Crippen LogP contribution in [0.4, 0.5) is 0 Å². The molecule has 0 amide bonds. The number of para-hydroxylation sites is 1. The van der Waals surface area contributed by atoms with E-state index in [9.17, 15) is 5.21 Å². The van der Waals surface area contributed by atoms with Gasteiger partial charge in [0.15, 0.2) is 6.20 Å². The zero-order valence-corrected chi connectivity index (χ0v) is 6.14. The van der Waals surface area contributed by atoms with Crippen LogP contribution in [0.2, 0.25) is 0 Å². The largest absolute Gasteiger partial charge is 0.708 e. The topological polar surface area (TPSA) is 60.1 Å². The van der Waals surface area contributed by atoms with Crippen molar-refractivity contribution >= 4 is 10.9 Å². The van der Waals surface area contributed by atoms with E-state index in [4.69, 9.17) is 5.11 Å². The van der Waals surface area contributed by atoms with Gasteiger partial charge in [-0.15, -0.1) is 0 Å². The molecular weight excluding hydrogens is 156 g/mol. The molecule has 0 spiro atoms. The minimum Gasteiger partial charge on any atom is -0.708 e. The fourth-order valence-electron chi connectivity index (χ4n) is 1.07. The summed E-state index contributed by atoms with van der Waals surface area (Å²) in [4.78, 5) is 3.51. The third-order valence-electron chi connectivity index (χ3n) is 1.66. The summed E-state index contributed by atoms with van der Waals surface area (Å²) in [6.07, 6.45) is 1.46. The van der Waals surface area contributed by atoms with Crippen LogP contribution in [0.3, 0.4) is 0 Å². The van der Waals surface area contributed by atoms with Gasteiger partial charge in [0.05, 0.1) is 5.39 Å². The first kappa shape index (κ1) is 6.84. The van der Waals surface area contributed by atoms with Gasteiger partial charge >= 0.3 is 6.01 Å². The molecule has 0 aliphatic rings. The first-order valence-corrected chi connectivity index (χ1v) is 3.45. The molecule has 4 nitrogen and oxygen atoms in total. The van der Waals surface area contributed by atoms with E-state index in [2.05, 4.69) is 4.98 Å². The van der Waals surface area contributed by atoms with E-state index in [0.29, 0.717) is 15.6 Å². The van der Waals surface area contributed by atoms with E-state index >= 15 is 0 Å². The lowest BCUT2D eigenvalue weighted by atomic mass is 10.2. The number of hydrogen-bond acceptors (Lipinski definition) is 3. The van der Waals surface area contributed by atoms with Crippen LogP contribution in [0.5, 0.6) is 6.01 Å². The molecule has 0 saturated heterocycles. The van der Waals surface area contributed by atoms with Crippen molar-refractivity contribution in [2.45, 2.75) is 0 Å². The number of rotatable bonds is 0. The summed E-state index contributed by atoms with van der Waals surface area (Å²) in [7, 11) is 0. The molecule has 1 aromatic carbocycles. The molecule has 2 rings (SSSR count). The van der Waals surface area contributed by atoms with E-state index in [-0.39, 0.29) is 0 Å². The smallest absolute Gasteiger partial charge is 0.499 e. The fraction of sp³-hybridized carbons (Fsp3) is 0. The summed E-state index contributed by atoms with van der Waals surface area (Å²) in [5.41, 5.74) is 0.421. The van der Waals surface area contributed by atoms with Gasteiger partial charge in [0.2, 0.25) is 0 Å². The monoisotopic (exact) mass is 162 g/mol. The van der Waals surface area contributed by atoms with Gasteiger partial charge in [0.25, 0.3) is 0 Å². The van der Waals surface area contributed by atoms with Crippen molar-refractivity contribution in [1.29, 1.82) is 0 Å². The Morgan fingerprint density at radius 1 is 1.33 bits per heavy atom. The summed E-state index contributed by atoms with van der Waals surface area (Å²) in [5.74, 6) is 0. The third-order valence-corrected chi connectivity index (χ3v) is 1.66. The number of aromatic hydroxyl groups is 1. The molecule has 0 aliphatic carbocycles. The van der Waals surface area contributed by atoms with Crippen molar-refractivity contribution in [2.24, 2.45) is 0 Å². The van der Waals surface area contributed by atoms with E-state index < -0.39 is 6.01 Å². The van der Waals surface area contributed by atoms with E-state index in [0.717, 1.165) is 0 Å². The van der Waals surface area contributed by atoms with Gasteiger partial charge in [-0.3, -0.25) is 0 Å². The highest BCUT2D eigenvalue weighted by Gasteiger charge is 2.07. The molecule has 12 heavy (non-hydrogen) atoms. The van der Waals surface area contributed by atoms with Gasteiger partial charge in [-0.1, -0.05) is 12.1 Å². The van der Waals surface area contributed by atoms with Gasteiger partial charge in [-0.2, -0.15) is 4.73 Å². The lowest BCUT2D eigenvalue weighted by molar-refractivity contribution is -0.589. The Labute approximate surface area is 68.3 Å². The maximum atomic E-state index is 11.1. The molecule has 0 fully saturated rings. The summed E-state index contributed by atoms with van der Waals surface area (Å²) >= 11 is 0. The summed E-state index contributed by atoms with van der Waals surface area (Å²) in [6, 6.07) is 6.41. The summed E-state index contributed by atoms with van der Waals surface area (Å²) in [6.45, 7) is 0. The first-order chi connectivity index (χ1) is 5.79. The van der Waals surface area contributed by atoms with Crippen molar-refractivity contribution in [3.05, 3.63) is 35.7 Å². The summed E-state index contributed by atoms with van der Waals surface area (Å²) in [5, 5.41) is 20.8. The maximum Gasteiger partial charge on any atom is 0.499 e. The molecule has 0 unspecified atom stereocenters. The second-order valence-electron chi connectivity index (χ2n) is 2.41. The Kier molecular flexibility index (Phi) is 1.33. The number of fused-ring (bicyclic) bond motifs is 1. The minimum absolute atomic E-state index is 0.398. The standard InChI is InChI=1S/C8H6N2O2/c11-8-9-5-6-3-1-2-4-7(6)10(8)12/h1-5H,(H,9,11). The van der Waals surface area contributed by atoms with Crippen LogP contribution in [0.15, 0.2) is 30.5 Å². The van der Waals surface area contributed by atoms with Crippen molar-refractivity contribution < 1.29 is 9.84 Å². The maximum absolute atomic E-state index is 11.1. The van der Waals surface area contributed by atoms with Crippen LogP contribution in [0.25, 0.3) is 10.9 Å². The highest BCUT2D eigenvalue weighted by Crippen LogP contribution is 2.09. The molecule has 0 radical (unpaired) electrons. The Hall–Kier alpha value is -1.84. The predicted molar refractivity (Wildman–Crippen MR) is 42.4 cm³/mol. The normalized spacial score (nSPS) is 10.3. The Morgan fingerprint density at radius 3 is 2.92 bits per heavy atom. The van der Waals surface area contributed by atoms with Gasteiger partial charge in [-0.25, -0.2) is 0 Å². The zero-order chi connectivity index (χ0) is 8.55. The number of benzene rings is 1. The average molecular weight is 162 g/mol. The number of hydrogen-bond donors (Lipinski definition) is 1. The van der Waals surface area contributed by atoms with Crippen LogP contribution in [-0.2, 0) is 0 Å². The predicted octanol–water partition coefficient (Wildman–Crippen LogP) is 0.574. The van der Waals surface area contributed by atoms with Crippen LogP contribution in [0.1, 0.15) is 0 Å². The van der Waals surface area contributed by atoms with Crippen LogP contribution in [-0.4, -0.2) is 10.1 Å². The molecule has 1 aromatic heterocycles. The highest BCUT2D eigenvalue weighted by molar-refractivity contribution is 5.74. The summed E-state index contributed by atoms with van der Waals surface area (Å²) < 4.78 is 0.398. The fourth-order valence-corrected chi connectivity index (χ4v) is 1.07. The van der Waals surface area contributed by atoms with Crippen molar-refractivity contribution in [2.75, 3.05) is 0 Å². The van der Waals surface area contributed by atoms with E-state index in [1.165, 1.54) is 6.20 Å². The van der Waals surface area contributed by atoms with E-state index in [1.807, 2.05) is 0 Å². The minimum atomic E-state index is -0.520. The molecule has 0 saturated carbocycles. The van der Waals surface area contributed by atoms with Gasteiger partial charge < -0.3 is 10.3 Å². The lowest BCUT2D eigenvalue weighted by Gasteiger charge is -2.03. The molecule has 0 aliphatic heterocycles. The van der Waals surface area contributed by atoms with Crippen molar-refractivity contribution in [3.63, 3.8) is 0 Å². The number of aromatic nitrogens is 2. The van der Waals surface area contributed by atoms with E-state index in [1.54, 1.807) is 24.3 Å². The Balaban J connectivity index is 2.91. The average Bonchev–Trinajstić information content (AvgIpc) is 2.12. The SMILES string of the molecule is [O-][n+]1c(O)ncc2ccccc21. The highest BCUT2D eigenvalue weighted by atomic mass is 16.5. The molecule has 1 N–H and O–H groups in total. The number of nitrogens with zero attached hydrogens (tertiary/aromatic N) is 2. The molecule has 1 heterocycles. The third kappa shape index (κ3) is 0.852. The zero-order valence-electron chi connectivity index (χ0n) is 6.14. The molecule has 4 heteroatoms. The van der Waals surface area contributed by atoms with Crippen molar-refractivity contribution in [3.8, 4) is 6.01 Å². The van der Waals surface area contributed by atoms with Gasteiger partial charge in [0, 0.05) is 0 Å². The molecule has 2 aromatic rings. The Morgan fingerprint density at radius 2 is 2.08 bits per heavy atom. The van der Waals surface area contributed by atoms with Crippen molar-refractivity contribution in [1.82, 2.24) is 4.98 Å². The molecule has 60 valence electrons.